The van der Waals surface area contributed by atoms with E-state index in [0.29, 0.717) is 50.8 Å². The lowest BCUT2D eigenvalue weighted by molar-refractivity contribution is -0.141. The first-order valence-corrected chi connectivity index (χ1v) is 32.7. The third-order valence-corrected chi connectivity index (χ3v) is 21.2. The summed E-state index contributed by atoms with van der Waals surface area (Å²) in [6.45, 7) is 7.56. The number of nitrogens with zero attached hydrogens (tertiary/aromatic N) is 3. The van der Waals surface area contributed by atoms with Crippen LogP contribution in [0, 0.1) is 11.8 Å². The van der Waals surface area contributed by atoms with Crippen molar-refractivity contribution in [3.05, 3.63) is 145 Å². The Morgan fingerprint density at radius 2 is 0.989 bits per heavy atom. The second-order valence-electron chi connectivity index (χ2n) is 23.7. The zero-order valence-electron chi connectivity index (χ0n) is 48.7. The van der Waals surface area contributed by atoms with E-state index in [1.54, 1.807) is 6.08 Å². The minimum absolute atomic E-state index is 0.0243. The largest absolute Gasteiger partial charge is 0.480 e. The fraction of sp³-hybridized carbons (Fsp3) is 0.387. The zero-order chi connectivity index (χ0) is 64.1. The number of cyclic esters (lactones) is 2. The van der Waals surface area contributed by atoms with Crippen molar-refractivity contribution < 1.29 is 79.4 Å². The molecule has 91 heavy (non-hydrogen) atoms. The van der Waals surface area contributed by atoms with Crippen LogP contribution in [0.5, 0.6) is 0 Å². The molecule has 0 bridgehead atoms. The van der Waals surface area contributed by atoms with Crippen LogP contribution in [0.15, 0.2) is 133 Å². The van der Waals surface area contributed by atoms with Gasteiger partial charge < -0.3 is 55.7 Å². The van der Waals surface area contributed by atoms with Crippen molar-refractivity contribution in [2.75, 3.05) is 26.3 Å². The molecule has 14 rings (SSSR count). The SMILES string of the molecule is C=C[C@@H]1C[C@]1(NC(=O)[C@@H]1C[C@@H](ON=C2c3ccccc3-c3ccccc32)CN1)C(=O)NS(=O)(=O)C1CC1.C=C[C@@H]1C[C@]1(NC(=O)[C@@H]1C[C@@H](ON=C2c3ccccc3-c3ccccc32)CN1C(=O)C1COC(=O)N1)C(=O)NS(=O)(=O)C1CC1.O=C1NC(C(=O)O)CO1. The van der Waals surface area contributed by atoms with Gasteiger partial charge in [0.15, 0.2) is 6.04 Å². The molecule has 0 spiro atoms. The van der Waals surface area contributed by atoms with Gasteiger partial charge in [-0.15, -0.1) is 13.2 Å². The Kier molecular flexibility index (Phi) is 16.5. The Bertz CT molecular complexity index is 3930. The predicted molar refractivity (Wildman–Crippen MR) is 324 cm³/mol. The number of likely N-dealkylation sites (tertiary alicyclic amines) is 1. The van der Waals surface area contributed by atoms with E-state index in [-0.39, 0.29) is 50.5 Å². The normalized spacial score (nSPS) is 27.5. The van der Waals surface area contributed by atoms with Gasteiger partial charge >= 0.3 is 18.2 Å². The van der Waals surface area contributed by atoms with Gasteiger partial charge in [-0.05, 0) is 60.8 Å². The van der Waals surface area contributed by atoms with Gasteiger partial charge in [0.25, 0.3) is 11.8 Å². The Hall–Kier alpha value is -9.48. The molecule has 4 aliphatic heterocycles. The summed E-state index contributed by atoms with van der Waals surface area (Å²) in [6, 6.07) is 28.1. The summed E-state index contributed by atoms with van der Waals surface area (Å²) in [6.07, 6.45) is 3.52. The van der Waals surface area contributed by atoms with Crippen LogP contribution in [0.25, 0.3) is 22.3 Å². The number of hydrogen-bond acceptors (Lipinski definition) is 19. The molecule has 4 saturated heterocycles. The first-order chi connectivity index (χ1) is 43.6. The van der Waals surface area contributed by atoms with Crippen molar-refractivity contribution in [2.45, 2.75) is 109 Å². The molecule has 8 N–H and O–H groups in total. The van der Waals surface area contributed by atoms with Gasteiger partial charge in [0.05, 0.1) is 23.1 Å². The monoisotopic (exact) mass is 1280 g/mol. The Labute approximate surface area is 521 Å². The van der Waals surface area contributed by atoms with Crippen molar-refractivity contribution in [3.8, 4) is 22.3 Å². The average molecular weight is 1290 g/mol. The van der Waals surface area contributed by atoms with E-state index in [9.17, 15) is 55.2 Å². The number of carbonyl (C=O) groups is 8. The summed E-state index contributed by atoms with van der Waals surface area (Å²) in [5, 5.41) is 29.3. The van der Waals surface area contributed by atoms with Crippen molar-refractivity contribution in [2.24, 2.45) is 22.1 Å². The molecule has 10 aliphatic rings. The highest BCUT2D eigenvalue weighted by molar-refractivity contribution is 7.91. The van der Waals surface area contributed by atoms with E-state index >= 15 is 0 Å². The van der Waals surface area contributed by atoms with E-state index in [0.717, 1.165) is 50.2 Å². The third kappa shape index (κ3) is 12.5. The maximum Gasteiger partial charge on any atom is 0.408 e. The molecule has 29 heteroatoms. The van der Waals surface area contributed by atoms with Crippen molar-refractivity contribution in [3.63, 3.8) is 0 Å². The number of alkyl carbamates (subject to hydrolysis) is 2. The number of rotatable bonds is 18. The number of amides is 7. The number of nitrogens with one attached hydrogen (secondary N) is 7. The Morgan fingerprint density at radius 3 is 1.36 bits per heavy atom. The second-order valence-corrected chi connectivity index (χ2v) is 27.7. The van der Waals surface area contributed by atoms with Crippen LogP contribution in [-0.2, 0) is 68.0 Å². The van der Waals surface area contributed by atoms with Gasteiger partial charge in [0.1, 0.15) is 60.0 Å². The molecule has 10 atom stereocenters. The molecule has 476 valence electrons. The lowest BCUT2D eigenvalue weighted by Crippen LogP contribution is -2.58. The number of carbonyl (C=O) groups excluding carboxylic acids is 7. The van der Waals surface area contributed by atoms with Crippen LogP contribution >= 0.6 is 0 Å². The van der Waals surface area contributed by atoms with Gasteiger partial charge in [-0.2, -0.15) is 0 Å². The van der Waals surface area contributed by atoms with E-state index in [1.165, 1.54) is 11.0 Å². The molecular formula is C62H64N10O17S2. The molecule has 8 fully saturated rings. The van der Waals surface area contributed by atoms with Crippen LogP contribution in [0.1, 0.15) is 73.6 Å². The fourth-order valence-corrected chi connectivity index (χ4v) is 14.8. The van der Waals surface area contributed by atoms with Crippen LogP contribution in [0.3, 0.4) is 0 Å². The molecule has 4 saturated carbocycles. The summed E-state index contributed by atoms with van der Waals surface area (Å²) in [5.41, 5.74) is 6.61. The highest BCUT2D eigenvalue weighted by Crippen LogP contribution is 2.47. The number of carboxylic acid groups (broad SMARTS) is 1. The van der Waals surface area contributed by atoms with Crippen molar-refractivity contribution >= 4 is 79.2 Å². The molecule has 7 amide bonds. The first-order valence-electron chi connectivity index (χ1n) is 29.6. The molecular weight excluding hydrogens is 1220 g/mol. The maximum atomic E-state index is 13.8. The number of benzene rings is 4. The maximum absolute atomic E-state index is 13.8. The number of aliphatic carboxylic acids is 1. The van der Waals surface area contributed by atoms with Gasteiger partial charge in [-0.25, -0.2) is 31.2 Å². The number of fused-ring (bicyclic) bond motifs is 6. The zero-order valence-corrected chi connectivity index (χ0v) is 50.3. The molecule has 4 heterocycles. The minimum atomic E-state index is -3.86. The van der Waals surface area contributed by atoms with Crippen molar-refractivity contribution in [1.82, 2.24) is 40.9 Å². The third-order valence-electron chi connectivity index (χ3n) is 17.6. The Morgan fingerprint density at radius 1 is 0.582 bits per heavy atom. The lowest BCUT2D eigenvalue weighted by Gasteiger charge is -2.27. The summed E-state index contributed by atoms with van der Waals surface area (Å²) in [7, 11) is -7.58. The van der Waals surface area contributed by atoms with E-state index < -0.39 is 120 Å². The highest BCUT2D eigenvalue weighted by atomic mass is 32.2. The molecule has 0 aromatic heterocycles. The standard InChI is InChI=1S/C31H31N5O8S.C27H28N4O5S.C4H5NO4/c1-2-17-14-31(17,29(39)35-45(41,42)19-11-12-19)33-27(37)25-13-18(15-36(25)28(38)24-16-43-30(40)32-24)44-34-26-22-9-5-3-7-20(22)21-8-4-6-10-23(21)26;1-2-16-14-27(16,26(33)31-37(34,35)18-11-12-18)29-25(32)23-13-17(15-28-23)36-30-24-21-9-5-3-7-19(21)20-8-4-6-10-22(20)24;6-3(7)2-1-9-4(8)5-2/h2-10,17-19,24-25H,1,11-16H2,(H,32,40)(H,33,37)(H,35,39);2-10,16-18,23,28H,1,11-15H2,(H,29,32)(H,31,33);2H,1H2,(H,5,8)(H,6,7)/t17-,18-,24?,25+,31-;16-,17-,23+,27-;/m11./s1. The second kappa shape index (κ2) is 24.4. The predicted octanol–water partition coefficient (Wildman–Crippen LogP) is 2.20. The number of hydrogen-bond donors (Lipinski definition) is 8. The van der Waals surface area contributed by atoms with Crippen LogP contribution in [-0.4, -0.2) is 170 Å². The quantitative estimate of drug-likeness (QED) is 0.0452. The number of carboxylic acids is 1. The number of oxime groups is 2. The van der Waals surface area contributed by atoms with E-state index in [1.807, 2.05) is 84.9 Å². The van der Waals surface area contributed by atoms with Crippen LogP contribution < -0.4 is 36.0 Å². The average Bonchev–Trinajstić information content (AvgIpc) is 1.62. The fourth-order valence-electron chi connectivity index (χ4n) is 12.1. The molecule has 4 aromatic carbocycles. The molecule has 27 nitrogen and oxygen atoms in total. The van der Waals surface area contributed by atoms with Gasteiger partial charge in [0, 0.05) is 53.5 Å². The van der Waals surface area contributed by atoms with Crippen LogP contribution in [0.4, 0.5) is 9.59 Å². The smallest absolute Gasteiger partial charge is 0.408 e. The topological polar surface area (TPSA) is 374 Å². The molecule has 4 aromatic rings. The van der Waals surface area contributed by atoms with E-state index in [4.69, 9.17) is 19.5 Å². The Balaban J connectivity index is 0.000000157. The first kappa shape index (κ1) is 61.7. The summed E-state index contributed by atoms with van der Waals surface area (Å²) in [5.74, 6) is -5.02. The number of ether oxygens (including phenoxy) is 2. The minimum Gasteiger partial charge on any atom is -0.480 e. The molecule has 0 radical (unpaired) electrons. The summed E-state index contributed by atoms with van der Waals surface area (Å²) >= 11 is 0. The molecule has 6 aliphatic carbocycles. The van der Waals surface area contributed by atoms with Crippen LogP contribution in [0.2, 0.25) is 0 Å². The lowest BCUT2D eigenvalue weighted by atomic mass is 10.1. The highest BCUT2D eigenvalue weighted by Gasteiger charge is 2.63. The van der Waals surface area contributed by atoms with Gasteiger partial charge in [-0.1, -0.05) is 120 Å². The molecule has 2 unspecified atom stereocenters. The number of sulfonamides is 2. The van der Waals surface area contributed by atoms with Crippen molar-refractivity contribution in [1.29, 1.82) is 0 Å². The van der Waals surface area contributed by atoms with Gasteiger partial charge in [0.2, 0.25) is 37.8 Å². The summed E-state index contributed by atoms with van der Waals surface area (Å²) in [4.78, 5) is 112. The summed E-state index contributed by atoms with van der Waals surface area (Å²) < 4.78 is 63.1. The van der Waals surface area contributed by atoms with E-state index in [2.05, 4.69) is 76.4 Å². The van der Waals surface area contributed by atoms with Gasteiger partial charge in [-0.3, -0.25) is 33.4 Å².